The van der Waals surface area contributed by atoms with E-state index in [1.807, 2.05) is 6.92 Å². The fraction of sp³-hybridized carbons (Fsp3) is 0.500. The Balaban J connectivity index is 2.90. The Morgan fingerprint density at radius 2 is 2.06 bits per heavy atom. The zero-order chi connectivity index (χ0) is 13.1. The van der Waals surface area contributed by atoms with Crippen LogP contribution in [0.4, 0.5) is 0 Å². The molecule has 0 amide bonds. The van der Waals surface area contributed by atoms with Gasteiger partial charge in [0.1, 0.15) is 5.75 Å². The van der Waals surface area contributed by atoms with Gasteiger partial charge in [0.2, 0.25) is 0 Å². The van der Waals surface area contributed by atoms with E-state index in [1.54, 1.807) is 19.1 Å². The van der Waals surface area contributed by atoms with Crippen LogP contribution in [0.15, 0.2) is 23.1 Å². The van der Waals surface area contributed by atoms with Crippen molar-refractivity contribution in [1.29, 1.82) is 0 Å². The molecule has 0 heterocycles. The molecular formula is C12H17ClO3S. The van der Waals surface area contributed by atoms with E-state index >= 15 is 0 Å². The van der Waals surface area contributed by atoms with Gasteiger partial charge in [-0.15, -0.1) is 0 Å². The van der Waals surface area contributed by atoms with Gasteiger partial charge in [-0.25, -0.2) is 8.42 Å². The van der Waals surface area contributed by atoms with Crippen molar-refractivity contribution < 1.29 is 13.2 Å². The zero-order valence-electron chi connectivity index (χ0n) is 10.2. The Morgan fingerprint density at radius 3 is 2.53 bits per heavy atom. The lowest BCUT2D eigenvalue weighted by atomic mass is 10.2. The summed E-state index contributed by atoms with van der Waals surface area (Å²) in [5.41, 5.74) is 0.598. The molecule has 0 saturated heterocycles. The first-order valence-electron chi connectivity index (χ1n) is 5.56. The van der Waals surface area contributed by atoms with Gasteiger partial charge in [-0.1, -0.05) is 13.3 Å². The maximum absolute atomic E-state index is 11.2. The van der Waals surface area contributed by atoms with E-state index in [2.05, 4.69) is 6.92 Å². The second-order valence-corrected chi connectivity index (χ2v) is 6.62. The van der Waals surface area contributed by atoms with Gasteiger partial charge >= 0.3 is 0 Å². The predicted octanol–water partition coefficient (Wildman–Crippen LogP) is 3.49. The Kier molecular flexibility index (Phi) is 4.83. The number of hydrogen-bond acceptors (Lipinski definition) is 3. The highest BCUT2D eigenvalue weighted by molar-refractivity contribution is 8.13. The third kappa shape index (κ3) is 4.21. The van der Waals surface area contributed by atoms with Crippen LogP contribution in [0, 0.1) is 6.92 Å². The van der Waals surface area contributed by atoms with Gasteiger partial charge in [0.05, 0.1) is 11.0 Å². The monoisotopic (exact) mass is 276 g/mol. The molecule has 5 heteroatoms. The van der Waals surface area contributed by atoms with Crippen LogP contribution in [0.5, 0.6) is 5.75 Å². The molecule has 1 atom stereocenters. The summed E-state index contributed by atoms with van der Waals surface area (Å²) in [6.07, 6.45) is 2.14. The molecule has 1 aromatic rings. The molecule has 17 heavy (non-hydrogen) atoms. The minimum absolute atomic E-state index is 0.123. The first kappa shape index (κ1) is 14.3. The van der Waals surface area contributed by atoms with Crippen LogP contribution in [0.2, 0.25) is 0 Å². The van der Waals surface area contributed by atoms with E-state index in [-0.39, 0.29) is 11.0 Å². The van der Waals surface area contributed by atoms with Crippen molar-refractivity contribution in [3.8, 4) is 5.75 Å². The number of ether oxygens (including phenoxy) is 1. The van der Waals surface area contributed by atoms with E-state index in [9.17, 15) is 8.42 Å². The highest BCUT2D eigenvalue weighted by atomic mass is 35.7. The largest absolute Gasteiger partial charge is 0.491 e. The van der Waals surface area contributed by atoms with Crippen molar-refractivity contribution in [2.45, 2.75) is 44.6 Å². The Labute approximate surface area is 107 Å². The fourth-order valence-corrected chi connectivity index (χ4v) is 2.86. The molecule has 0 spiro atoms. The Bertz CT molecular complexity index is 483. The van der Waals surface area contributed by atoms with Gasteiger partial charge in [0.25, 0.3) is 9.05 Å². The summed E-state index contributed by atoms with van der Waals surface area (Å²) in [5, 5.41) is 0. The molecule has 3 nitrogen and oxygen atoms in total. The maximum Gasteiger partial charge on any atom is 0.261 e. The third-order valence-electron chi connectivity index (χ3n) is 2.44. The Hall–Kier alpha value is -0.740. The number of rotatable bonds is 5. The standard InChI is InChI=1S/C12H17ClO3S/c1-4-5-10(3)16-11-6-7-12(9(2)8-11)17(13,14)15/h6-8,10H,4-5H2,1-3H3. The molecule has 0 saturated carbocycles. The molecule has 0 aliphatic rings. The van der Waals surface area contributed by atoms with Gasteiger partial charge in [0.15, 0.2) is 0 Å². The summed E-state index contributed by atoms with van der Waals surface area (Å²) in [6, 6.07) is 4.81. The summed E-state index contributed by atoms with van der Waals surface area (Å²) in [7, 11) is 1.63. The lowest BCUT2D eigenvalue weighted by Gasteiger charge is -2.14. The van der Waals surface area contributed by atoms with Crippen LogP contribution in [-0.2, 0) is 9.05 Å². The van der Waals surface area contributed by atoms with Crippen molar-refractivity contribution in [3.63, 3.8) is 0 Å². The van der Waals surface area contributed by atoms with Crippen molar-refractivity contribution in [3.05, 3.63) is 23.8 Å². The topological polar surface area (TPSA) is 43.4 Å². The summed E-state index contributed by atoms with van der Waals surface area (Å²) in [5.74, 6) is 0.674. The van der Waals surface area contributed by atoms with Crippen molar-refractivity contribution in [1.82, 2.24) is 0 Å². The van der Waals surface area contributed by atoms with Gasteiger partial charge in [0, 0.05) is 10.7 Å². The van der Waals surface area contributed by atoms with Crippen LogP contribution < -0.4 is 4.74 Å². The molecule has 0 N–H and O–H groups in total. The molecule has 0 aromatic heterocycles. The van der Waals surface area contributed by atoms with E-state index in [4.69, 9.17) is 15.4 Å². The first-order valence-corrected chi connectivity index (χ1v) is 7.87. The Morgan fingerprint density at radius 1 is 1.41 bits per heavy atom. The normalized spacial score (nSPS) is 13.4. The summed E-state index contributed by atoms with van der Waals surface area (Å²) in [4.78, 5) is 0.134. The van der Waals surface area contributed by atoms with Gasteiger partial charge in [-0.05, 0) is 44.0 Å². The number of hydrogen-bond donors (Lipinski definition) is 0. The minimum atomic E-state index is -3.67. The SMILES string of the molecule is CCCC(C)Oc1ccc(S(=O)(=O)Cl)c(C)c1. The van der Waals surface area contributed by atoms with Gasteiger partial charge in [-0.2, -0.15) is 0 Å². The maximum atomic E-state index is 11.2. The van der Waals surface area contributed by atoms with E-state index in [0.717, 1.165) is 12.8 Å². The molecule has 1 aromatic carbocycles. The quantitative estimate of drug-likeness (QED) is 0.773. The molecule has 96 valence electrons. The van der Waals surface area contributed by atoms with Crippen molar-refractivity contribution in [2.75, 3.05) is 0 Å². The number of halogens is 1. The molecule has 0 fully saturated rings. The number of benzene rings is 1. The number of aryl methyl sites for hydroxylation is 1. The summed E-state index contributed by atoms with van der Waals surface area (Å²) < 4.78 is 28.1. The predicted molar refractivity (Wildman–Crippen MR) is 69.2 cm³/mol. The molecule has 0 bridgehead atoms. The molecular weight excluding hydrogens is 260 g/mol. The van der Waals surface area contributed by atoms with E-state index < -0.39 is 9.05 Å². The van der Waals surface area contributed by atoms with Crippen LogP contribution in [0.1, 0.15) is 32.3 Å². The van der Waals surface area contributed by atoms with Crippen LogP contribution in [0.3, 0.4) is 0 Å². The zero-order valence-corrected chi connectivity index (χ0v) is 11.8. The highest BCUT2D eigenvalue weighted by Gasteiger charge is 2.14. The van der Waals surface area contributed by atoms with Gasteiger partial charge < -0.3 is 4.74 Å². The van der Waals surface area contributed by atoms with Crippen LogP contribution in [-0.4, -0.2) is 14.5 Å². The smallest absolute Gasteiger partial charge is 0.261 e. The average Bonchev–Trinajstić information content (AvgIpc) is 2.15. The molecule has 1 rings (SSSR count). The second kappa shape index (κ2) is 5.74. The molecule has 0 aliphatic heterocycles. The molecule has 0 radical (unpaired) electrons. The third-order valence-corrected chi connectivity index (χ3v) is 3.92. The summed E-state index contributed by atoms with van der Waals surface area (Å²) >= 11 is 0. The van der Waals surface area contributed by atoms with Crippen molar-refractivity contribution in [2.24, 2.45) is 0 Å². The van der Waals surface area contributed by atoms with Crippen molar-refractivity contribution >= 4 is 19.7 Å². The molecule has 1 unspecified atom stereocenters. The molecule has 0 aliphatic carbocycles. The van der Waals surface area contributed by atoms with E-state index in [1.165, 1.54) is 6.07 Å². The second-order valence-electron chi connectivity index (χ2n) is 4.08. The minimum Gasteiger partial charge on any atom is -0.491 e. The first-order chi connectivity index (χ1) is 7.84. The average molecular weight is 277 g/mol. The fourth-order valence-electron chi connectivity index (χ4n) is 1.67. The van der Waals surface area contributed by atoms with Gasteiger partial charge in [-0.3, -0.25) is 0 Å². The lowest BCUT2D eigenvalue weighted by Crippen LogP contribution is -2.11. The summed E-state index contributed by atoms with van der Waals surface area (Å²) in [6.45, 7) is 5.78. The van der Waals surface area contributed by atoms with Crippen LogP contribution in [0.25, 0.3) is 0 Å². The van der Waals surface area contributed by atoms with E-state index in [0.29, 0.717) is 11.3 Å². The van der Waals surface area contributed by atoms with Crippen LogP contribution >= 0.6 is 10.7 Å². The lowest BCUT2D eigenvalue weighted by molar-refractivity contribution is 0.209. The highest BCUT2D eigenvalue weighted by Crippen LogP contribution is 2.24.